The molecule has 1 aromatic carbocycles. The fourth-order valence-electron chi connectivity index (χ4n) is 2.66. The maximum absolute atomic E-state index is 13.2. The number of rotatable bonds is 2. The Morgan fingerprint density at radius 2 is 1.71 bits per heavy atom. The third-order valence-corrected chi connectivity index (χ3v) is 3.95. The number of alkyl halides is 5. The summed E-state index contributed by atoms with van der Waals surface area (Å²) in [6.07, 6.45) is -5.16. The summed E-state index contributed by atoms with van der Waals surface area (Å²) in [7, 11) is 0. The van der Waals surface area contributed by atoms with Crippen LogP contribution in [0.5, 0.6) is 0 Å². The molecule has 21 heavy (non-hydrogen) atoms. The van der Waals surface area contributed by atoms with E-state index < -0.39 is 29.5 Å². The van der Waals surface area contributed by atoms with Crippen LogP contribution in [-0.4, -0.2) is 5.92 Å². The highest BCUT2D eigenvalue weighted by atomic mass is 19.4. The van der Waals surface area contributed by atoms with Crippen molar-refractivity contribution in [3.8, 4) is 0 Å². The summed E-state index contributed by atoms with van der Waals surface area (Å²) in [5, 5.41) is 0. The second-order valence-electron chi connectivity index (χ2n) is 5.46. The highest BCUT2D eigenvalue weighted by Gasteiger charge is 2.38. The van der Waals surface area contributed by atoms with E-state index in [2.05, 4.69) is 0 Å². The molecule has 0 spiro atoms. The molecule has 7 heteroatoms. The van der Waals surface area contributed by atoms with Crippen molar-refractivity contribution in [1.82, 2.24) is 0 Å². The van der Waals surface area contributed by atoms with E-state index in [0.717, 1.165) is 6.07 Å². The van der Waals surface area contributed by atoms with Crippen molar-refractivity contribution in [3.05, 3.63) is 35.1 Å². The van der Waals surface area contributed by atoms with Crippen LogP contribution in [0.3, 0.4) is 0 Å². The van der Waals surface area contributed by atoms with Crippen molar-refractivity contribution in [2.75, 3.05) is 0 Å². The molecule has 1 fully saturated rings. The van der Waals surface area contributed by atoms with E-state index in [4.69, 9.17) is 5.73 Å². The Balaban J connectivity index is 2.19. The van der Waals surface area contributed by atoms with Crippen molar-refractivity contribution in [1.29, 1.82) is 0 Å². The van der Waals surface area contributed by atoms with E-state index in [1.54, 1.807) is 0 Å². The molecule has 1 aromatic rings. The van der Waals surface area contributed by atoms with Crippen molar-refractivity contribution in [2.24, 2.45) is 11.7 Å². The summed E-state index contributed by atoms with van der Waals surface area (Å²) in [4.78, 5) is 0. The third kappa shape index (κ3) is 3.70. The molecule has 1 atom stereocenters. The molecule has 1 nitrogen and oxygen atoms in total. The fraction of sp³-hybridized carbons (Fsp3) is 0.571. The van der Waals surface area contributed by atoms with Gasteiger partial charge in [-0.3, -0.25) is 0 Å². The van der Waals surface area contributed by atoms with Crippen LogP contribution in [0.15, 0.2) is 18.2 Å². The first-order chi connectivity index (χ1) is 9.60. The van der Waals surface area contributed by atoms with E-state index >= 15 is 0 Å². The van der Waals surface area contributed by atoms with Gasteiger partial charge in [0.05, 0.1) is 5.56 Å². The normalized spacial score (nSPS) is 21.3. The molecule has 0 radical (unpaired) electrons. The van der Waals surface area contributed by atoms with Gasteiger partial charge in [-0.2, -0.15) is 13.2 Å². The van der Waals surface area contributed by atoms with E-state index in [1.807, 2.05) is 0 Å². The van der Waals surface area contributed by atoms with Crippen LogP contribution in [0, 0.1) is 11.7 Å². The van der Waals surface area contributed by atoms with Gasteiger partial charge in [-0.25, -0.2) is 13.2 Å². The molecule has 1 unspecified atom stereocenters. The van der Waals surface area contributed by atoms with E-state index in [9.17, 15) is 26.3 Å². The van der Waals surface area contributed by atoms with Crippen LogP contribution >= 0.6 is 0 Å². The molecule has 1 aliphatic rings. The Kier molecular flexibility index (Phi) is 4.24. The lowest BCUT2D eigenvalue weighted by Gasteiger charge is -2.32. The largest absolute Gasteiger partial charge is 0.419 e. The lowest BCUT2D eigenvalue weighted by Crippen LogP contribution is -2.31. The summed E-state index contributed by atoms with van der Waals surface area (Å²) < 4.78 is 77.3. The minimum atomic E-state index is -4.81. The van der Waals surface area contributed by atoms with Gasteiger partial charge in [-0.15, -0.1) is 0 Å². The summed E-state index contributed by atoms with van der Waals surface area (Å²) in [5.41, 5.74) is 4.63. The molecule has 0 aliphatic heterocycles. The molecule has 0 aromatic heterocycles. The molecular formula is C14H15F6N. The topological polar surface area (TPSA) is 26.0 Å². The highest BCUT2D eigenvalue weighted by molar-refractivity contribution is 5.29. The van der Waals surface area contributed by atoms with Crippen molar-refractivity contribution < 1.29 is 26.3 Å². The smallest absolute Gasteiger partial charge is 0.324 e. The Bertz CT molecular complexity index is 501. The second-order valence-corrected chi connectivity index (χ2v) is 5.46. The lowest BCUT2D eigenvalue weighted by molar-refractivity contribution is -0.140. The van der Waals surface area contributed by atoms with Gasteiger partial charge in [-0.1, -0.05) is 6.07 Å². The van der Waals surface area contributed by atoms with Crippen LogP contribution < -0.4 is 5.73 Å². The van der Waals surface area contributed by atoms with Crippen LogP contribution in [0.2, 0.25) is 0 Å². The van der Waals surface area contributed by atoms with Gasteiger partial charge in [0.1, 0.15) is 5.82 Å². The van der Waals surface area contributed by atoms with E-state index in [0.29, 0.717) is 6.07 Å². The molecule has 2 N–H and O–H groups in total. The summed E-state index contributed by atoms with van der Waals surface area (Å²) >= 11 is 0. The molecule has 1 aliphatic carbocycles. The first-order valence-electron chi connectivity index (χ1n) is 6.60. The Morgan fingerprint density at radius 3 is 2.24 bits per heavy atom. The van der Waals surface area contributed by atoms with Crippen LogP contribution in [0.4, 0.5) is 26.3 Å². The lowest BCUT2D eigenvalue weighted by atomic mass is 9.80. The van der Waals surface area contributed by atoms with Crippen molar-refractivity contribution >= 4 is 0 Å². The Morgan fingerprint density at radius 1 is 1.14 bits per heavy atom. The Hall–Kier alpha value is -1.24. The maximum Gasteiger partial charge on any atom is 0.419 e. The van der Waals surface area contributed by atoms with Crippen molar-refractivity contribution in [3.63, 3.8) is 0 Å². The van der Waals surface area contributed by atoms with Gasteiger partial charge in [0.25, 0.3) is 0 Å². The van der Waals surface area contributed by atoms with E-state index in [1.165, 1.54) is 6.07 Å². The molecule has 2 rings (SSSR count). The van der Waals surface area contributed by atoms with Gasteiger partial charge >= 0.3 is 6.18 Å². The van der Waals surface area contributed by atoms with Gasteiger partial charge < -0.3 is 5.73 Å². The summed E-state index contributed by atoms with van der Waals surface area (Å²) in [5.74, 6) is -4.42. The molecule has 0 saturated heterocycles. The van der Waals surface area contributed by atoms with Gasteiger partial charge in [0.15, 0.2) is 0 Å². The molecule has 0 amide bonds. The number of halogens is 6. The second kappa shape index (κ2) is 5.51. The zero-order chi connectivity index (χ0) is 15.8. The van der Waals surface area contributed by atoms with E-state index in [-0.39, 0.29) is 37.2 Å². The molecule has 0 heterocycles. The predicted octanol–water partition coefficient (Wildman–Crippen LogP) is 4.67. The van der Waals surface area contributed by atoms with Crippen LogP contribution in [0.25, 0.3) is 0 Å². The average Bonchev–Trinajstić information content (AvgIpc) is 2.37. The quantitative estimate of drug-likeness (QED) is 0.789. The SMILES string of the molecule is NC(c1ccc(F)c(C(F)(F)F)c1)C1CCC(F)(F)CC1. The first-order valence-corrected chi connectivity index (χ1v) is 6.60. The highest BCUT2D eigenvalue weighted by Crippen LogP contribution is 2.41. The summed E-state index contributed by atoms with van der Waals surface area (Å²) in [6.45, 7) is 0. The first kappa shape index (κ1) is 16.1. The standard InChI is InChI=1S/C14H15F6N/c15-11-2-1-9(7-10(11)14(18,19)20)12(21)8-3-5-13(16,17)6-4-8/h1-2,7-8,12H,3-6,21H2. The van der Waals surface area contributed by atoms with Gasteiger partial charge in [0.2, 0.25) is 5.92 Å². The van der Waals surface area contributed by atoms with Gasteiger partial charge in [-0.05, 0) is 36.5 Å². The van der Waals surface area contributed by atoms with Crippen molar-refractivity contribution in [2.45, 2.75) is 43.8 Å². The Labute approximate surface area is 118 Å². The molecule has 118 valence electrons. The predicted molar refractivity (Wildman–Crippen MR) is 65.2 cm³/mol. The molecule has 0 bridgehead atoms. The zero-order valence-electron chi connectivity index (χ0n) is 11.1. The fourth-order valence-corrected chi connectivity index (χ4v) is 2.66. The number of benzene rings is 1. The monoisotopic (exact) mass is 311 g/mol. The zero-order valence-corrected chi connectivity index (χ0v) is 11.1. The van der Waals surface area contributed by atoms with Crippen LogP contribution in [-0.2, 0) is 6.18 Å². The third-order valence-electron chi connectivity index (χ3n) is 3.95. The minimum absolute atomic E-state index is 0.124. The number of hydrogen-bond donors (Lipinski definition) is 1. The number of hydrogen-bond acceptors (Lipinski definition) is 1. The van der Waals surface area contributed by atoms with Gasteiger partial charge in [0, 0.05) is 18.9 Å². The van der Waals surface area contributed by atoms with Crippen LogP contribution in [0.1, 0.15) is 42.9 Å². The molecule has 1 saturated carbocycles. The molecular weight excluding hydrogens is 296 g/mol. The number of nitrogens with two attached hydrogens (primary N) is 1. The summed E-state index contributed by atoms with van der Waals surface area (Å²) in [6, 6.07) is 1.77. The minimum Gasteiger partial charge on any atom is -0.324 e. The maximum atomic E-state index is 13.2. The average molecular weight is 311 g/mol.